The molecule has 0 aromatic heterocycles. The number of hydrogen-bond acceptors (Lipinski definition) is 4. The zero-order chi connectivity index (χ0) is 15.9. The predicted molar refractivity (Wildman–Crippen MR) is 92.4 cm³/mol. The van der Waals surface area contributed by atoms with Gasteiger partial charge in [-0.25, -0.2) is 8.42 Å². The zero-order valence-electron chi connectivity index (χ0n) is 13.1. The number of hydrogen-bond donors (Lipinski definition) is 3. The van der Waals surface area contributed by atoms with Gasteiger partial charge in [-0.15, -0.1) is 12.4 Å². The fourth-order valence-corrected chi connectivity index (χ4v) is 2.36. The predicted octanol–water partition coefficient (Wildman–Crippen LogP) is 1.52. The quantitative estimate of drug-likeness (QED) is 0.621. The van der Waals surface area contributed by atoms with Crippen molar-refractivity contribution in [3.63, 3.8) is 0 Å². The lowest BCUT2D eigenvalue weighted by Crippen LogP contribution is -2.32. The molecule has 0 saturated carbocycles. The van der Waals surface area contributed by atoms with E-state index >= 15 is 0 Å². The fourth-order valence-electron chi connectivity index (χ4n) is 1.74. The van der Waals surface area contributed by atoms with Crippen LogP contribution in [0, 0.1) is 6.92 Å². The third-order valence-corrected chi connectivity index (χ3v) is 3.40. The molecule has 0 spiro atoms. The monoisotopic (exact) mass is 349 g/mol. The van der Waals surface area contributed by atoms with Crippen LogP contribution < -0.4 is 15.4 Å². The molecular weight excluding hydrogens is 326 g/mol. The van der Waals surface area contributed by atoms with Crippen molar-refractivity contribution >= 4 is 34.0 Å². The number of sulfonamides is 1. The van der Waals surface area contributed by atoms with Crippen molar-refractivity contribution < 1.29 is 13.2 Å². The van der Waals surface area contributed by atoms with Gasteiger partial charge in [-0.1, -0.05) is 13.0 Å². The van der Waals surface area contributed by atoms with Crippen LogP contribution in [0.4, 0.5) is 5.69 Å². The van der Waals surface area contributed by atoms with E-state index in [4.69, 9.17) is 0 Å². The molecule has 0 atom stereocenters. The molecule has 0 bridgehead atoms. The first-order valence-electron chi connectivity index (χ1n) is 6.91. The van der Waals surface area contributed by atoms with Crippen LogP contribution in [0.3, 0.4) is 0 Å². The second kappa shape index (κ2) is 9.66. The van der Waals surface area contributed by atoms with Gasteiger partial charge in [0.05, 0.1) is 11.9 Å². The van der Waals surface area contributed by atoms with E-state index in [1.807, 2.05) is 0 Å². The molecular formula is C14H24ClN3O3S. The van der Waals surface area contributed by atoms with Crippen LogP contribution in [0.2, 0.25) is 0 Å². The van der Waals surface area contributed by atoms with Crippen LogP contribution >= 0.6 is 12.4 Å². The first kappa shape index (κ1) is 20.7. The van der Waals surface area contributed by atoms with Crippen molar-refractivity contribution in [1.29, 1.82) is 0 Å². The topological polar surface area (TPSA) is 87.3 Å². The van der Waals surface area contributed by atoms with Crippen LogP contribution in [-0.4, -0.2) is 40.2 Å². The van der Waals surface area contributed by atoms with Crippen LogP contribution in [0.25, 0.3) is 0 Å². The molecule has 0 aliphatic rings. The number of halogens is 1. The number of aryl methyl sites for hydroxylation is 1. The Kier molecular flexibility index (Phi) is 9.08. The van der Waals surface area contributed by atoms with Crippen LogP contribution in [0.1, 0.15) is 29.3 Å². The molecule has 22 heavy (non-hydrogen) atoms. The van der Waals surface area contributed by atoms with E-state index < -0.39 is 10.0 Å². The standard InChI is InChI=1S/C14H23N3O3S.ClH/c1-4-7-15-8-9-16-14(18)12-6-5-11(2)13(10-12)17-21(3,19)20;/h5-6,10,15,17H,4,7-9H2,1-3H3,(H,16,18);1H. The van der Waals surface area contributed by atoms with E-state index in [0.717, 1.165) is 24.8 Å². The molecule has 1 aromatic carbocycles. The van der Waals surface area contributed by atoms with Gasteiger partial charge in [-0.05, 0) is 37.6 Å². The second-order valence-electron chi connectivity index (χ2n) is 4.91. The molecule has 126 valence electrons. The van der Waals surface area contributed by atoms with Gasteiger partial charge in [0.25, 0.3) is 5.91 Å². The number of carbonyl (C=O) groups excluding carboxylic acids is 1. The van der Waals surface area contributed by atoms with Crippen LogP contribution in [0.15, 0.2) is 18.2 Å². The van der Waals surface area contributed by atoms with Gasteiger partial charge in [0.2, 0.25) is 10.0 Å². The Bertz CT molecular complexity index is 591. The average molecular weight is 350 g/mol. The summed E-state index contributed by atoms with van der Waals surface area (Å²) in [5, 5.41) is 5.98. The molecule has 0 aliphatic heterocycles. The summed E-state index contributed by atoms with van der Waals surface area (Å²) in [7, 11) is -3.36. The maximum absolute atomic E-state index is 12.0. The Morgan fingerprint density at radius 1 is 1.18 bits per heavy atom. The van der Waals surface area contributed by atoms with Gasteiger partial charge < -0.3 is 10.6 Å². The molecule has 0 fully saturated rings. The minimum Gasteiger partial charge on any atom is -0.351 e. The number of rotatable bonds is 8. The minimum absolute atomic E-state index is 0. The Hall–Kier alpha value is -1.31. The van der Waals surface area contributed by atoms with Crippen molar-refractivity contribution in [3.05, 3.63) is 29.3 Å². The van der Waals surface area contributed by atoms with E-state index in [1.165, 1.54) is 0 Å². The maximum Gasteiger partial charge on any atom is 0.251 e. The van der Waals surface area contributed by atoms with E-state index in [2.05, 4.69) is 22.3 Å². The minimum atomic E-state index is -3.36. The molecule has 6 nitrogen and oxygen atoms in total. The third-order valence-electron chi connectivity index (χ3n) is 2.81. The molecule has 0 radical (unpaired) electrons. The number of nitrogens with one attached hydrogen (secondary N) is 3. The number of amides is 1. The largest absolute Gasteiger partial charge is 0.351 e. The Labute approximate surface area is 138 Å². The molecule has 1 aromatic rings. The second-order valence-corrected chi connectivity index (χ2v) is 6.66. The van der Waals surface area contributed by atoms with Gasteiger partial charge in [0.1, 0.15) is 0 Å². The van der Waals surface area contributed by atoms with E-state index in [9.17, 15) is 13.2 Å². The van der Waals surface area contributed by atoms with Crippen molar-refractivity contribution in [2.24, 2.45) is 0 Å². The summed E-state index contributed by atoms with van der Waals surface area (Å²) >= 11 is 0. The first-order chi connectivity index (χ1) is 9.83. The summed E-state index contributed by atoms with van der Waals surface area (Å²) in [6.07, 6.45) is 2.13. The first-order valence-corrected chi connectivity index (χ1v) is 8.80. The summed E-state index contributed by atoms with van der Waals surface area (Å²) in [6.45, 7) is 6.02. The summed E-state index contributed by atoms with van der Waals surface area (Å²) in [4.78, 5) is 12.0. The average Bonchev–Trinajstić information content (AvgIpc) is 2.39. The number of anilines is 1. The Morgan fingerprint density at radius 3 is 2.45 bits per heavy atom. The van der Waals surface area contributed by atoms with E-state index in [1.54, 1.807) is 25.1 Å². The normalized spacial score (nSPS) is 10.7. The smallest absolute Gasteiger partial charge is 0.251 e. The van der Waals surface area contributed by atoms with Crippen molar-refractivity contribution in [1.82, 2.24) is 10.6 Å². The van der Waals surface area contributed by atoms with Gasteiger partial charge in [0, 0.05) is 18.7 Å². The van der Waals surface area contributed by atoms with Crippen LogP contribution in [0.5, 0.6) is 0 Å². The molecule has 1 amide bonds. The molecule has 0 unspecified atom stereocenters. The summed E-state index contributed by atoms with van der Waals surface area (Å²) < 4.78 is 25.0. The Morgan fingerprint density at radius 2 is 1.86 bits per heavy atom. The number of benzene rings is 1. The SMILES string of the molecule is CCCNCCNC(=O)c1ccc(C)c(NS(C)(=O)=O)c1.Cl. The van der Waals surface area contributed by atoms with Gasteiger partial charge >= 0.3 is 0 Å². The fraction of sp³-hybridized carbons (Fsp3) is 0.500. The molecule has 1 rings (SSSR count). The van der Waals surface area contributed by atoms with E-state index in [-0.39, 0.29) is 18.3 Å². The third kappa shape index (κ3) is 7.63. The zero-order valence-corrected chi connectivity index (χ0v) is 14.7. The van der Waals surface area contributed by atoms with Gasteiger partial charge in [-0.3, -0.25) is 9.52 Å². The molecule has 0 saturated heterocycles. The summed E-state index contributed by atoms with van der Waals surface area (Å²) in [5.41, 5.74) is 1.62. The number of carbonyl (C=O) groups is 1. The highest BCUT2D eigenvalue weighted by molar-refractivity contribution is 7.92. The summed E-state index contributed by atoms with van der Waals surface area (Å²) in [5.74, 6) is -0.218. The van der Waals surface area contributed by atoms with Crippen molar-refractivity contribution in [2.45, 2.75) is 20.3 Å². The maximum atomic E-state index is 12.0. The van der Waals surface area contributed by atoms with E-state index in [0.29, 0.717) is 24.3 Å². The highest BCUT2D eigenvalue weighted by Gasteiger charge is 2.10. The molecule has 0 heterocycles. The molecule has 0 aliphatic carbocycles. The summed E-state index contributed by atoms with van der Waals surface area (Å²) in [6, 6.07) is 4.94. The van der Waals surface area contributed by atoms with Gasteiger partial charge in [-0.2, -0.15) is 0 Å². The van der Waals surface area contributed by atoms with Crippen LogP contribution in [-0.2, 0) is 10.0 Å². The van der Waals surface area contributed by atoms with Crippen molar-refractivity contribution in [2.75, 3.05) is 30.6 Å². The lowest BCUT2D eigenvalue weighted by atomic mass is 10.1. The lowest BCUT2D eigenvalue weighted by molar-refractivity contribution is 0.0954. The highest BCUT2D eigenvalue weighted by Crippen LogP contribution is 2.17. The Balaban J connectivity index is 0.00000441. The molecule has 3 N–H and O–H groups in total. The van der Waals surface area contributed by atoms with Gasteiger partial charge in [0.15, 0.2) is 0 Å². The highest BCUT2D eigenvalue weighted by atomic mass is 35.5. The molecule has 8 heteroatoms. The van der Waals surface area contributed by atoms with Crippen molar-refractivity contribution in [3.8, 4) is 0 Å². The lowest BCUT2D eigenvalue weighted by Gasteiger charge is -2.10.